The highest BCUT2D eigenvalue weighted by molar-refractivity contribution is 7.89. The van der Waals surface area contributed by atoms with Crippen molar-refractivity contribution in [3.63, 3.8) is 0 Å². The molecule has 3 rings (SSSR count). The minimum Gasteiger partial charge on any atom is -0.380 e. The number of nitro benzene ring substituents is 1. The summed E-state index contributed by atoms with van der Waals surface area (Å²) in [4.78, 5) is 14.0. The number of aromatic nitrogens is 1. The highest BCUT2D eigenvalue weighted by Crippen LogP contribution is 2.26. The van der Waals surface area contributed by atoms with Gasteiger partial charge in [-0.25, -0.2) is 13.6 Å². The van der Waals surface area contributed by atoms with Crippen molar-refractivity contribution in [1.29, 1.82) is 0 Å². The molecule has 27 heavy (non-hydrogen) atoms. The Morgan fingerprint density at radius 2 is 1.81 bits per heavy atom. The third-order valence-electron chi connectivity index (χ3n) is 3.91. The van der Waals surface area contributed by atoms with Crippen molar-refractivity contribution < 1.29 is 13.3 Å². The zero-order valence-electron chi connectivity index (χ0n) is 14.1. The first-order chi connectivity index (χ1) is 12.8. The summed E-state index contributed by atoms with van der Waals surface area (Å²) < 4.78 is 23.5. The van der Waals surface area contributed by atoms with Crippen molar-refractivity contribution in [1.82, 2.24) is 4.98 Å². The van der Waals surface area contributed by atoms with Crippen molar-refractivity contribution in [3.8, 4) is 11.1 Å². The highest BCUT2D eigenvalue weighted by atomic mass is 32.2. The van der Waals surface area contributed by atoms with Gasteiger partial charge in [0, 0.05) is 31.1 Å². The molecule has 9 heteroatoms. The third kappa shape index (κ3) is 4.46. The van der Waals surface area contributed by atoms with Crippen molar-refractivity contribution >= 4 is 21.4 Å². The van der Waals surface area contributed by atoms with Gasteiger partial charge >= 0.3 is 0 Å². The first-order valence-electron chi connectivity index (χ1n) is 7.89. The van der Waals surface area contributed by atoms with Crippen LogP contribution in [0.3, 0.4) is 0 Å². The molecule has 0 spiro atoms. The fraction of sp³-hybridized carbons (Fsp3) is 0.0556. The minimum absolute atomic E-state index is 0.208. The van der Waals surface area contributed by atoms with E-state index in [1.54, 1.807) is 12.4 Å². The lowest BCUT2D eigenvalue weighted by Gasteiger charge is -2.11. The molecule has 8 nitrogen and oxygen atoms in total. The van der Waals surface area contributed by atoms with Gasteiger partial charge in [-0.1, -0.05) is 30.3 Å². The van der Waals surface area contributed by atoms with Crippen molar-refractivity contribution in [2.24, 2.45) is 5.14 Å². The average Bonchev–Trinajstić information content (AvgIpc) is 2.66. The monoisotopic (exact) mass is 384 g/mol. The van der Waals surface area contributed by atoms with E-state index in [9.17, 15) is 18.5 Å². The molecule has 0 unspecified atom stereocenters. The van der Waals surface area contributed by atoms with Gasteiger partial charge in [-0.05, 0) is 28.8 Å². The van der Waals surface area contributed by atoms with Crippen LogP contribution in [-0.2, 0) is 16.6 Å². The number of pyridine rings is 1. The summed E-state index contributed by atoms with van der Waals surface area (Å²) in [5.41, 5.74) is 2.77. The molecule has 0 atom stereocenters. The molecule has 0 amide bonds. The van der Waals surface area contributed by atoms with Crippen molar-refractivity contribution in [2.75, 3.05) is 5.32 Å². The Labute approximate surface area is 155 Å². The number of benzene rings is 2. The van der Waals surface area contributed by atoms with E-state index in [2.05, 4.69) is 10.3 Å². The van der Waals surface area contributed by atoms with E-state index in [0.717, 1.165) is 22.8 Å². The first-order valence-corrected chi connectivity index (χ1v) is 9.44. The van der Waals surface area contributed by atoms with E-state index in [4.69, 9.17) is 5.14 Å². The Balaban J connectivity index is 1.79. The fourth-order valence-electron chi connectivity index (χ4n) is 2.55. The van der Waals surface area contributed by atoms with Crippen molar-refractivity contribution in [2.45, 2.75) is 11.4 Å². The number of hydrogen-bond acceptors (Lipinski definition) is 6. The second-order valence-corrected chi connectivity index (χ2v) is 7.30. The maximum Gasteiger partial charge on any atom is 0.270 e. The lowest BCUT2D eigenvalue weighted by atomic mass is 10.1. The van der Waals surface area contributed by atoms with Crippen LogP contribution in [0.4, 0.5) is 11.4 Å². The van der Waals surface area contributed by atoms with E-state index >= 15 is 0 Å². The number of nitrogens with zero attached hydrogens (tertiary/aromatic N) is 2. The summed E-state index contributed by atoms with van der Waals surface area (Å²) in [6.45, 7) is 0.327. The number of rotatable bonds is 6. The first kappa shape index (κ1) is 18.5. The number of nitrogens with two attached hydrogens (primary N) is 1. The predicted octanol–water partition coefficient (Wildman–Crippen LogP) is 2.92. The summed E-state index contributed by atoms with van der Waals surface area (Å²) in [7, 11) is -4.11. The van der Waals surface area contributed by atoms with Gasteiger partial charge in [-0.2, -0.15) is 0 Å². The fourth-order valence-corrected chi connectivity index (χ4v) is 3.28. The number of nitrogens with one attached hydrogen (secondary N) is 1. The van der Waals surface area contributed by atoms with Crippen LogP contribution in [-0.4, -0.2) is 18.3 Å². The second-order valence-electron chi connectivity index (χ2n) is 5.77. The molecule has 1 aromatic heterocycles. The summed E-state index contributed by atoms with van der Waals surface area (Å²) in [6, 6.07) is 15.0. The standard InChI is InChI=1S/C18H16N4O4S/c19-27(25,26)18-10-16(22(23)24)7-8-17(18)21-11-13-3-5-14(6-4-13)15-2-1-9-20-12-15/h1-10,12,21H,11H2,(H2,19,25,26). The Morgan fingerprint density at radius 1 is 1.07 bits per heavy atom. The van der Waals surface area contributed by atoms with Crippen LogP contribution < -0.4 is 10.5 Å². The molecular formula is C18H16N4O4S. The smallest absolute Gasteiger partial charge is 0.270 e. The SMILES string of the molecule is NS(=O)(=O)c1cc([N+](=O)[O-])ccc1NCc1ccc(-c2cccnc2)cc1. The van der Waals surface area contributed by atoms with Crippen LogP contribution >= 0.6 is 0 Å². The van der Waals surface area contributed by atoms with Gasteiger partial charge in [-0.15, -0.1) is 0 Å². The van der Waals surface area contributed by atoms with Crippen LogP contribution in [0.25, 0.3) is 11.1 Å². The van der Waals surface area contributed by atoms with Crippen molar-refractivity contribution in [3.05, 3.63) is 82.7 Å². The zero-order valence-corrected chi connectivity index (χ0v) is 14.9. The second kappa shape index (κ2) is 7.52. The molecule has 0 bridgehead atoms. The van der Waals surface area contributed by atoms with Gasteiger partial charge in [0.25, 0.3) is 5.69 Å². The van der Waals surface area contributed by atoms with Crippen LogP contribution in [0.1, 0.15) is 5.56 Å². The van der Waals surface area contributed by atoms with Crippen LogP contribution in [0, 0.1) is 10.1 Å². The molecule has 0 radical (unpaired) electrons. The third-order valence-corrected chi connectivity index (χ3v) is 4.87. The normalized spacial score (nSPS) is 11.1. The number of sulfonamides is 1. The van der Waals surface area contributed by atoms with Gasteiger partial charge in [0.15, 0.2) is 0 Å². The zero-order chi connectivity index (χ0) is 19.4. The van der Waals surface area contributed by atoms with Gasteiger partial charge in [0.2, 0.25) is 10.0 Å². The Morgan fingerprint density at radius 3 is 2.41 bits per heavy atom. The minimum atomic E-state index is -4.11. The molecule has 0 aliphatic heterocycles. The quantitative estimate of drug-likeness (QED) is 0.497. The molecule has 0 saturated carbocycles. The molecule has 138 valence electrons. The Kier molecular flexibility index (Phi) is 5.15. The lowest BCUT2D eigenvalue weighted by Crippen LogP contribution is -2.15. The van der Waals surface area contributed by atoms with Gasteiger partial charge in [0.1, 0.15) is 4.90 Å². The van der Waals surface area contributed by atoms with E-state index in [1.165, 1.54) is 12.1 Å². The largest absolute Gasteiger partial charge is 0.380 e. The predicted molar refractivity (Wildman–Crippen MR) is 101 cm³/mol. The van der Waals surface area contributed by atoms with E-state index < -0.39 is 14.9 Å². The lowest BCUT2D eigenvalue weighted by molar-refractivity contribution is -0.385. The maximum atomic E-state index is 11.8. The topological polar surface area (TPSA) is 128 Å². The number of nitro groups is 1. The Bertz CT molecular complexity index is 1070. The van der Waals surface area contributed by atoms with E-state index in [0.29, 0.717) is 6.54 Å². The summed E-state index contributed by atoms with van der Waals surface area (Å²) in [5.74, 6) is 0. The molecule has 0 aliphatic carbocycles. The molecular weight excluding hydrogens is 368 g/mol. The average molecular weight is 384 g/mol. The van der Waals surface area contributed by atoms with Gasteiger partial charge in [-0.3, -0.25) is 15.1 Å². The molecule has 3 aromatic rings. The van der Waals surface area contributed by atoms with E-state index in [1.807, 2.05) is 36.4 Å². The number of non-ortho nitro benzene ring substituents is 1. The molecule has 3 N–H and O–H groups in total. The Hall–Kier alpha value is -3.30. The highest BCUT2D eigenvalue weighted by Gasteiger charge is 2.18. The molecule has 0 saturated heterocycles. The summed E-state index contributed by atoms with van der Waals surface area (Å²) >= 11 is 0. The van der Waals surface area contributed by atoms with Gasteiger partial charge in [0.05, 0.1) is 10.6 Å². The molecule has 1 heterocycles. The molecule has 2 aromatic carbocycles. The maximum absolute atomic E-state index is 11.8. The number of hydrogen-bond donors (Lipinski definition) is 2. The summed E-state index contributed by atoms with van der Waals surface area (Å²) in [6.07, 6.45) is 3.47. The number of primary sulfonamides is 1. The van der Waals surface area contributed by atoms with Crippen LogP contribution in [0.2, 0.25) is 0 Å². The van der Waals surface area contributed by atoms with Crippen LogP contribution in [0.5, 0.6) is 0 Å². The molecule has 0 fully saturated rings. The number of anilines is 1. The van der Waals surface area contributed by atoms with E-state index in [-0.39, 0.29) is 16.3 Å². The van der Waals surface area contributed by atoms with Crippen LogP contribution in [0.15, 0.2) is 71.9 Å². The van der Waals surface area contributed by atoms with Gasteiger partial charge < -0.3 is 5.32 Å². The molecule has 0 aliphatic rings. The summed E-state index contributed by atoms with van der Waals surface area (Å²) in [5, 5.41) is 19.0.